The SMILES string of the molecule is O=C(O)c1cc([N+](=O)[O-])ccc1NCc1ncon1. The molecule has 0 radical (unpaired) electrons. The zero-order valence-corrected chi connectivity index (χ0v) is 9.44. The van der Waals surface area contributed by atoms with Crippen LogP contribution in [0.5, 0.6) is 0 Å². The smallest absolute Gasteiger partial charge is 0.338 e. The highest BCUT2D eigenvalue weighted by Gasteiger charge is 2.16. The molecule has 1 aromatic heterocycles. The van der Waals surface area contributed by atoms with Gasteiger partial charge in [-0.2, -0.15) is 4.98 Å². The van der Waals surface area contributed by atoms with Gasteiger partial charge in [-0.15, -0.1) is 0 Å². The first-order valence-electron chi connectivity index (χ1n) is 5.09. The fourth-order valence-corrected chi connectivity index (χ4v) is 1.42. The number of hydrogen-bond acceptors (Lipinski definition) is 7. The molecule has 0 aliphatic carbocycles. The molecule has 1 aromatic carbocycles. The third kappa shape index (κ3) is 2.83. The summed E-state index contributed by atoms with van der Waals surface area (Å²) in [6, 6.07) is 3.52. The number of benzene rings is 1. The molecule has 2 N–H and O–H groups in total. The lowest BCUT2D eigenvalue weighted by Crippen LogP contribution is -2.08. The highest BCUT2D eigenvalue weighted by molar-refractivity contribution is 5.95. The second-order valence-electron chi connectivity index (χ2n) is 3.49. The van der Waals surface area contributed by atoms with Crippen molar-refractivity contribution in [3.8, 4) is 0 Å². The number of nitro groups is 1. The molecule has 98 valence electrons. The summed E-state index contributed by atoms with van der Waals surface area (Å²) in [6.45, 7) is 0.147. The summed E-state index contributed by atoms with van der Waals surface area (Å²) in [4.78, 5) is 24.7. The molecule has 0 atom stereocenters. The van der Waals surface area contributed by atoms with Crippen LogP contribution in [0.15, 0.2) is 29.1 Å². The summed E-state index contributed by atoms with van der Waals surface area (Å²) in [5.74, 6) is -0.922. The van der Waals surface area contributed by atoms with E-state index in [-0.39, 0.29) is 23.5 Å². The molecule has 0 fully saturated rings. The van der Waals surface area contributed by atoms with Crippen molar-refractivity contribution in [2.45, 2.75) is 6.54 Å². The van der Waals surface area contributed by atoms with Crippen molar-refractivity contribution < 1.29 is 19.3 Å². The molecule has 2 aromatic rings. The molecule has 0 saturated carbocycles. The van der Waals surface area contributed by atoms with E-state index in [0.29, 0.717) is 5.82 Å². The predicted octanol–water partition coefficient (Wildman–Crippen LogP) is 1.29. The summed E-state index contributed by atoms with van der Waals surface area (Å²) in [5, 5.41) is 25.9. The maximum absolute atomic E-state index is 11.0. The molecule has 0 saturated heterocycles. The van der Waals surface area contributed by atoms with E-state index < -0.39 is 10.9 Å². The second kappa shape index (κ2) is 5.12. The van der Waals surface area contributed by atoms with Gasteiger partial charge in [0.25, 0.3) is 5.69 Å². The third-order valence-corrected chi connectivity index (χ3v) is 2.29. The molecule has 0 aliphatic rings. The average Bonchev–Trinajstić information content (AvgIpc) is 2.89. The van der Waals surface area contributed by atoms with Crippen molar-refractivity contribution in [3.63, 3.8) is 0 Å². The predicted molar refractivity (Wildman–Crippen MR) is 61.7 cm³/mol. The number of nitro benzene ring substituents is 1. The Hall–Kier alpha value is -2.97. The van der Waals surface area contributed by atoms with Crippen LogP contribution in [-0.2, 0) is 6.54 Å². The van der Waals surface area contributed by atoms with E-state index in [9.17, 15) is 14.9 Å². The largest absolute Gasteiger partial charge is 0.478 e. The van der Waals surface area contributed by atoms with E-state index in [1.165, 1.54) is 12.1 Å². The van der Waals surface area contributed by atoms with Crippen LogP contribution < -0.4 is 5.32 Å². The maximum atomic E-state index is 11.0. The van der Waals surface area contributed by atoms with Gasteiger partial charge in [0.2, 0.25) is 6.39 Å². The summed E-state index contributed by atoms with van der Waals surface area (Å²) in [6.07, 6.45) is 1.14. The van der Waals surface area contributed by atoms with E-state index in [2.05, 4.69) is 20.0 Å². The zero-order chi connectivity index (χ0) is 13.8. The summed E-state index contributed by atoms with van der Waals surface area (Å²) >= 11 is 0. The number of carboxylic acids is 1. The Morgan fingerprint density at radius 3 is 2.89 bits per heavy atom. The number of rotatable bonds is 5. The standard InChI is InChI=1S/C10H8N4O5/c15-10(16)7-3-6(14(17)18)1-2-8(7)11-4-9-12-5-19-13-9/h1-3,5,11H,4H2,(H,15,16). The summed E-state index contributed by atoms with van der Waals surface area (Å²) < 4.78 is 4.52. The van der Waals surface area contributed by atoms with E-state index in [4.69, 9.17) is 5.11 Å². The Morgan fingerprint density at radius 2 is 2.32 bits per heavy atom. The number of carboxylic acid groups (broad SMARTS) is 1. The number of aromatic carboxylic acids is 1. The molecule has 19 heavy (non-hydrogen) atoms. The number of nitrogens with zero attached hydrogens (tertiary/aromatic N) is 3. The molecule has 2 rings (SSSR count). The van der Waals surface area contributed by atoms with E-state index in [1.807, 2.05) is 0 Å². The minimum atomic E-state index is -1.26. The molecule has 0 amide bonds. The Kier molecular flexibility index (Phi) is 3.37. The molecule has 9 nitrogen and oxygen atoms in total. The van der Waals surface area contributed by atoms with Gasteiger partial charge in [-0.1, -0.05) is 5.16 Å². The molecular weight excluding hydrogens is 256 g/mol. The van der Waals surface area contributed by atoms with Crippen LogP contribution >= 0.6 is 0 Å². The minimum absolute atomic E-state index is 0.147. The highest BCUT2D eigenvalue weighted by Crippen LogP contribution is 2.22. The van der Waals surface area contributed by atoms with Crippen molar-refractivity contribution in [2.24, 2.45) is 0 Å². The first-order chi connectivity index (χ1) is 9.08. The molecule has 0 spiro atoms. The molecule has 0 unspecified atom stereocenters. The normalized spacial score (nSPS) is 10.1. The van der Waals surface area contributed by atoms with Gasteiger partial charge in [0.05, 0.1) is 17.0 Å². The van der Waals surface area contributed by atoms with Crippen LogP contribution in [0.2, 0.25) is 0 Å². The van der Waals surface area contributed by atoms with E-state index in [1.54, 1.807) is 0 Å². The molecule has 9 heteroatoms. The lowest BCUT2D eigenvalue weighted by atomic mass is 10.1. The number of anilines is 1. The monoisotopic (exact) mass is 264 g/mol. The fourth-order valence-electron chi connectivity index (χ4n) is 1.42. The molecular formula is C10H8N4O5. The first-order valence-corrected chi connectivity index (χ1v) is 5.09. The van der Waals surface area contributed by atoms with Gasteiger partial charge in [0, 0.05) is 17.8 Å². The van der Waals surface area contributed by atoms with Crippen molar-refractivity contribution in [1.29, 1.82) is 0 Å². The van der Waals surface area contributed by atoms with Crippen molar-refractivity contribution in [2.75, 3.05) is 5.32 Å². The molecule has 0 bridgehead atoms. The van der Waals surface area contributed by atoms with Crippen LogP contribution in [0, 0.1) is 10.1 Å². The highest BCUT2D eigenvalue weighted by atomic mass is 16.6. The molecule has 0 aliphatic heterocycles. The Bertz CT molecular complexity index is 610. The first kappa shape index (κ1) is 12.5. The van der Waals surface area contributed by atoms with Crippen LogP contribution in [0.25, 0.3) is 0 Å². The Balaban J connectivity index is 2.24. The maximum Gasteiger partial charge on any atom is 0.338 e. The number of hydrogen-bond donors (Lipinski definition) is 2. The average molecular weight is 264 g/mol. The minimum Gasteiger partial charge on any atom is -0.478 e. The number of aromatic nitrogens is 2. The van der Waals surface area contributed by atoms with Crippen LogP contribution in [0.4, 0.5) is 11.4 Å². The Labute approximate surface area is 106 Å². The summed E-state index contributed by atoms with van der Waals surface area (Å²) in [7, 11) is 0. The van der Waals surface area contributed by atoms with Gasteiger partial charge in [0.15, 0.2) is 5.82 Å². The lowest BCUT2D eigenvalue weighted by molar-refractivity contribution is -0.384. The van der Waals surface area contributed by atoms with Crippen LogP contribution in [0.3, 0.4) is 0 Å². The van der Waals surface area contributed by atoms with Crippen molar-refractivity contribution >= 4 is 17.3 Å². The summed E-state index contributed by atoms with van der Waals surface area (Å²) in [5.41, 5.74) is -0.247. The lowest BCUT2D eigenvalue weighted by Gasteiger charge is -2.07. The Morgan fingerprint density at radius 1 is 1.53 bits per heavy atom. The molecule has 1 heterocycles. The van der Waals surface area contributed by atoms with Gasteiger partial charge in [-0.3, -0.25) is 10.1 Å². The topological polar surface area (TPSA) is 131 Å². The fraction of sp³-hybridized carbons (Fsp3) is 0.100. The van der Waals surface area contributed by atoms with Gasteiger partial charge < -0.3 is 14.9 Å². The third-order valence-electron chi connectivity index (χ3n) is 2.29. The van der Waals surface area contributed by atoms with Gasteiger partial charge in [-0.05, 0) is 6.07 Å². The quantitative estimate of drug-likeness (QED) is 0.609. The van der Waals surface area contributed by atoms with Gasteiger partial charge in [0.1, 0.15) is 0 Å². The van der Waals surface area contributed by atoms with Crippen molar-refractivity contribution in [1.82, 2.24) is 10.1 Å². The number of nitrogens with one attached hydrogen (secondary N) is 1. The van der Waals surface area contributed by atoms with Crippen molar-refractivity contribution in [3.05, 3.63) is 46.1 Å². The van der Waals surface area contributed by atoms with E-state index >= 15 is 0 Å². The van der Waals surface area contributed by atoms with Gasteiger partial charge in [-0.25, -0.2) is 4.79 Å². The van der Waals surface area contributed by atoms with Crippen LogP contribution in [0.1, 0.15) is 16.2 Å². The number of carbonyl (C=O) groups is 1. The number of non-ortho nitro benzene ring substituents is 1. The van der Waals surface area contributed by atoms with E-state index in [0.717, 1.165) is 12.5 Å². The second-order valence-corrected chi connectivity index (χ2v) is 3.49. The van der Waals surface area contributed by atoms with Crippen LogP contribution in [-0.4, -0.2) is 26.1 Å². The zero-order valence-electron chi connectivity index (χ0n) is 9.44. The van der Waals surface area contributed by atoms with Gasteiger partial charge >= 0.3 is 5.97 Å².